The van der Waals surface area contributed by atoms with E-state index in [9.17, 15) is 9.59 Å². The van der Waals surface area contributed by atoms with Crippen LogP contribution in [0.3, 0.4) is 0 Å². The van der Waals surface area contributed by atoms with Crippen molar-refractivity contribution in [2.75, 3.05) is 0 Å². The number of cyclic esters (lactones) is 2. The summed E-state index contributed by atoms with van der Waals surface area (Å²) in [6.07, 6.45) is 15.1. The van der Waals surface area contributed by atoms with Crippen LogP contribution in [-0.4, -0.2) is 17.7 Å². The second-order valence-electron chi connectivity index (χ2n) is 4.44. The van der Waals surface area contributed by atoms with Gasteiger partial charge >= 0.3 is 11.9 Å². The predicted molar refractivity (Wildman–Crippen MR) is 66.5 cm³/mol. The smallest absolute Gasteiger partial charge is 0.338 e. The quantitative estimate of drug-likeness (QED) is 0.496. The van der Waals surface area contributed by atoms with Crippen molar-refractivity contribution in [2.45, 2.75) is 37.9 Å². The minimum Gasteiger partial charge on any atom is -0.460 e. The third-order valence-corrected chi connectivity index (χ3v) is 3.01. The number of carbonyl (C=O) groups excluding carboxylic acids is 2. The minimum absolute atomic E-state index is 0.332. The van der Waals surface area contributed by atoms with E-state index in [0.29, 0.717) is 0 Å². The molecule has 0 saturated heterocycles. The molecule has 1 saturated carbocycles. The zero-order valence-electron chi connectivity index (χ0n) is 10.5. The molecule has 1 spiro atoms. The molecule has 1 aliphatic carbocycles. The third kappa shape index (κ3) is 3.98. The number of allylic oxidation sites excluding steroid dienone is 2. The molecule has 19 heavy (non-hydrogen) atoms. The molecular formula is C14H16O5. The van der Waals surface area contributed by atoms with E-state index in [1.807, 2.05) is 12.2 Å². The summed E-state index contributed by atoms with van der Waals surface area (Å²) in [7, 11) is 0. The zero-order valence-corrected chi connectivity index (χ0v) is 10.5. The number of carbonyl (C=O) groups is 2. The van der Waals surface area contributed by atoms with Crippen LogP contribution in [0.1, 0.15) is 32.1 Å². The maximum absolute atomic E-state index is 9.92. The molecule has 0 radical (unpaired) electrons. The lowest BCUT2D eigenvalue weighted by Gasteiger charge is -2.34. The van der Waals surface area contributed by atoms with Crippen LogP contribution in [0, 0.1) is 0 Å². The minimum atomic E-state index is -0.579. The van der Waals surface area contributed by atoms with Crippen molar-refractivity contribution in [3.05, 3.63) is 36.8 Å². The molecule has 0 aromatic rings. The van der Waals surface area contributed by atoms with Crippen molar-refractivity contribution < 1.29 is 23.8 Å². The van der Waals surface area contributed by atoms with Crippen molar-refractivity contribution >= 4 is 11.9 Å². The van der Waals surface area contributed by atoms with Crippen LogP contribution in [-0.2, 0) is 23.8 Å². The van der Waals surface area contributed by atoms with Crippen LogP contribution >= 0.6 is 0 Å². The highest BCUT2D eigenvalue weighted by atomic mass is 16.7. The number of ether oxygens (including phenoxy) is 3. The summed E-state index contributed by atoms with van der Waals surface area (Å²) >= 11 is 0. The summed E-state index contributed by atoms with van der Waals surface area (Å²) in [4.78, 5) is 19.8. The van der Waals surface area contributed by atoms with Crippen molar-refractivity contribution in [1.29, 1.82) is 0 Å². The van der Waals surface area contributed by atoms with Crippen molar-refractivity contribution in [3.8, 4) is 0 Å². The summed E-state index contributed by atoms with van der Waals surface area (Å²) in [5, 5.41) is 0. The third-order valence-electron chi connectivity index (χ3n) is 3.01. The molecule has 0 bridgehead atoms. The van der Waals surface area contributed by atoms with Gasteiger partial charge < -0.3 is 14.2 Å². The van der Waals surface area contributed by atoms with Crippen LogP contribution in [0.15, 0.2) is 36.8 Å². The van der Waals surface area contributed by atoms with E-state index in [1.54, 1.807) is 12.5 Å². The van der Waals surface area contributed by atoms with Gasteiger partial charge in [0.25, 0.3) is 0 Å². The molecule has 5 nitrogen and oxygen atoms in total. The Labute approximate surface area is 111 Å². The van der Waals surface area contributed by atoms with Gasteiger partial charge in [-0.15, -0.1) is 0 Å². The number of esters is 2. The fourth-order valence-corrected chi connectivity index (χ4v) is 2.07. The number of hydrogen-bond acceptors (Lipinski definition) is 5. The maximum atomic E-state index is 9.92. The molecule has 3 aliphatic rings. The van der Waals surface area contributed by atoms with E-state index < -0.39 is 11.9 Å². The monoisotopic (exact) mass is 264 g/mol. The van der Waals surface area contributed by atoms with Crippen LogP contribution in [0.5, 0.6) is 0 Å². The predicted octanol–water partition coefficient (Wildman–Crippen LogP) is 2.35. The molecule has 0 aromatic heterocycles. The molecule has 0 N–H and O–H groups in total. The van der Waals surface area contributed by atoms with Crippen LogP contribution in [0.25, 0.3) is 0 Å². The molecule has 2 aliphatic heterocycles. The fraction of sp³-hybridized carbons (Fsp3) is 0.429. The molecule has 0 atom stereocenters. The van der Waals surface area contributed by atoms with Gasteiger partial charge in [0.2, 0.25) is 5.79 Å². The molecule has 0 unspecified atom stereocenters. The van der Waals surface area contributed by atoms with Gasteiger partial charge in [-0.2, -0.15) is 0 Å². The van der Waals surface area contributed by atoms with Gasteiger partial charge in [-0.25, -0.2) is 9.59 Å². The van der Waals surface area contributed by atoms with Crippen LogP contribution < -0.4 is 0 Å². The Kier molecular flexibility index (Phi) is 4.39. The largest absolute Gasteiger partial charge is 0.460 e. The Bertz CT molecular complexity index is 395. The lowest BCUT2D eigenvalue weighted by atomic mass is 9.94. The first-order chi connectivity index (χ1) is 9.20. The first-order valence-corrected chi connectivity index (χ1v) is 6.31. The summed E-state index contributed by atoms with van der Waals surface area (Å²) in [5.41, 5.74) is 0. The SMILES string of the molecule is C1=COC2(CCCCC2)OC=C1.O=C1C=CC(=O)O1. The molecule has 5 heteroatoms. The summed E-state index contributed by atoms with van der Waals surface area (Å²) in [5.74, 6) is -1.49. The molecule has 0 aromatic carbocycles. The average molecular weight is 264 g/mol. The molecule has 3 rings (SSSR count). The zero-order chi connectivity index (χ0) is 13.6. The highest BCUT2D eigenvalue weighted by Crippen LogP contribution is 2.33. The molecule has 0 amide bonds. The number of hydrogen-bond donors (Lipinski definition) is 0. The van der Waals surface area contributed by atoms with Crippen molar-refractivity contribution in [1.82, 2.24) is 0 Å². The van der Waals surface area contributed by atoms with Crippen LogP contribution in [0.4, 0.5) is 0 Å². The topological polar surface area (TPSA) is 61.8 Å². The Hall–Kier alpha value is -2.04. The standard InChI is InChI=1S/C10H14O2.C4H2O3/c1-2-6-10(7-3-1)11-8-4-5-9-12-10;5-3-1-2-4(6)7-3/h4-5,8-9H,1-3,6-7H2;1-2H. The summed E-state index contributed by atoms with van der Waals surface area (Å²) in [6.45, 7) is 0. The molecule has 102 valence electrons. The Morgan fingerprint density at radius 2 is 1.37 bits per heavy atom. The highest BCUT2D eigenvalue weighted by Gasteiger charge is 2.34. The van der Waals surface area contributed by atoms with Gasteiger partial charge in [0.15, 0.2) is 0 Å². The maximum Gasteiger partial charge on any atom is 0.338 e. The first-order valence-electron chi connectivity index (χ1n) is 6.31. The summed E-state index contributed by atoms with van der Waals surface area (Å²) < 4.78 is 15.1. The fourth-order valence-electron chi connectivity index (χ4n) is 2.07. The van der Waals surface area contributed by atoms with Gasteiger partial charge in [-0.3, -0.25) is 0 Å². The van der Waals surface area contributed by atoms with E-state index in [0.717, 1.165) is 25.0 Å². The highest BCUT2D eigenvalue weighted by molar-refractivity contribution is 6.04. The van der Waals surface area contributed by atoms with E-state index in [1.165, 1.54) is 19.3 Å². The van der Waals surface area contributed by atoms with Crippen LogP contribution in [0.2, 0.25) is 0 Å². The van der Waals surface area contributed by atoms with Crippen molar-refractivity contribution in [2.24, 2.45) is 0 Å². The van der Waals surface area contributed by atoms with E-state index in [2.05, 4.69) is 4.74 Å². The van der Waals surface area contributed by atoms with E-state index in [4.69, 9.17) is 9.47 Å². The lowest BCUT2D eigenvalue weighted by molar-refractivity contribution is -0.189. The van der Waals surface area contributed by atoms with E-state index >= 15 is 0 Å². The van der Waals surface area contributed by atoms with Gasteiger partial charge in [-0.1, -0.05) is 6.42 Å². The Morgan fingerprint density at radius 1 is 0.842 bits per heavy atom. The number of rotatable bonds is 0. The molecule has 1 fully saturated rings. The van der Waals surface area contributed by atoms with Crippen molar-refractivity contribution in [3.63, 3.8) is 0 Å². The summed E-state index contributed by atoms with van der Waals surface area (Å²) in [6, 6.07) is 0. The molecular weight excluding hydrogens is 248 g/mol. The molecule has 2 heterocycles. The average Bonchev–Trinajstić information content (AvgIpc) is 2.66. The Morgan fingerprint density at radius 3 is 1.79 bits per heavy atom. The van der Waals surface area contributed by atoms with Gasteiger partial charge in [-0.05, 0) is 25.0 Å². The Balaban J connectivity index is 0.000000163. The van der Waals surface area contributed by atoms with Gasteiger partial charge in [0.05, 0.1) is 12.5 Å². The lowest BCUT2D eigenvalue weighted by Crippen LogP contribution is -2.34. The second kappa shape index (κ2) is 6.22. The van der Waals surface area contributed by atoms with Gasteiger partial charge in [0.1, 0.15) is 0 Å². The normalized spacial score (nSPS) is 22.9. The first kappa shape index (κ1) is 13.4. The van der Waals surface area contributed by atoms with Gasteiger partial charge in [0, 0.05) is 25.0 Å². The second-order valence-corrected chi connectivity index (χ2v) is 4.44. The van der Waals surface area contributed by atoms with E-state index in [-0.39, 0.29) is 5.79 Å².